The summed E-state index contributed by atoms with van der Waals surface area (Å²) in [6.07, 6.45) is 1.07. The zero-order valence-corrected chi connectivity index (χ0v) is 13.9. The van der Waals surface area contributed by atoms with Gasteiger partial charge < -0.3 is 15.7 Å². The van der Waals surface area contributed by atoms with E-state index in [1.807, 2.05) is 0 Å². The number of benzene rings is 2. The summed E-state index contributed by atoms with van der Waals surface area (Å²) >= 11 is 0. The Hall–Kier alpha value is -2.74. The maximum atomic E-state index is 11.8. The zero-order valence-electron chi connectivity index (χ0n) is 13.1. The normalized spacial score (nSPS) is 10.9. The lowest BCUT2D eigenvalue weighted by molar-refractivity contribution is 0.240. The van der Waals surface area contributed by atoms with Crippen molar-refractivity contribution in [3.05, 3.63) is 59.7 Å². The SMILES string of the molecule is CS(=O)(=O)Nc1ccccc1CNC(=O)NCc1ccc(O)cc1. The maximum absolute atomic E-state index is 11.8. The Balaban J connectivity index is 1.89. The Labute approximate surface area is 140 Å². The molecule has 2 amide bonds. The Bertz CT molecular complexity index is 804. The van der Waals surface area contributed by atoms with Gasteiger partial charge in [0, 0.05) is 13.1 Å². The Morgan fingerprint density at radius 2 is 1.62 bits per heavy atom. The lowest BCUT2D eigenvalue weighted by Gasteiger charge is -2.12. The molecule has 0 radical (unpaired) electrons. The molecule has 128 valence electrons. The van der Waals surface area contributed by atoms with Gasteiger partial charge in [-0.2, -0.15) is 0 Å². The number of para-hydroxylation sites is 1. The van der Waals surface area contributed by atoms with Gasteiger partial charge in [0.1, 0.15) is 5.75 Å². The smallest absolute Gasteiger partial charge is 0.315 e. The zero-order chi connectivity index (χ0) is 17.6. The lowest BCUT2D eigenvalue weighted by atomic mass is 10.2. The molecule has 0 bridgehead atoms. The van der Waals surface area contributed by atoms with Crippen LogP contribution in [-0.2, 0) is 23.1 Å². The van der Waals surface area contributed by atoms with Crippen LogP contribution in [0.2, 0.25) is 0 Å². The molecule has 0 unspecified atom stereocenters. The van der Waals surface area contributed by atoms with Crippen molar-refractivity contribution in [3.8, 4) is 5.75 Å². The fraction of sp³-hybridized carbons (Fsp3) is 0.188. The standard InChI is InChI=1S/C16H19N3O4S/c1-24(22,23)19-15-5-3-2-4-13(15)11-18-16(21)17-10-12-6-8-14(20)9-7-12/h2-9,19-20H,10-11H2,1H3,(H2,17,18,21). The number of hydrogen-bond acceptors (Lipinski definition) is 4. The predicted molar refractivity (Wildman–Crippen MR) is 92.1 cm³/mol. The van der Waals surface area contributed by atoms with Gasteiger partial charge in [-0.3, -0.25) is 4.72 Å². The van der Waals surface area contributed by atoms with E-state index < -0.39 is 10.0 Å². The number of carbonyl (C=O) groups excluding carboxylic acids is 1. The molecule has 0 aliphatic heterocycles. The topological polar surface area (TPSA) is 108 Å². The fourth-order valence-electron chi connectivity index (χ4n) is 2.01. The summed E-state index contributed by atoms with van der Waals surface area (Å²) in [5, 5.41) is 14.6. The van der Waals surface area contributed by atoms with Gasteiger partial charge in [-0.15, -0.1) is 0 Å². The summed E-state index contributed by atoms with van der Waals surface area (Å²) in [7, 11) is -3.39. The molecule has 0 aliphatic carbocycles. The van der Waals surface area contributed by atoms with Crippen LogP contribution in [0.4, 0.5) is 10.5 Å². The molecule has 4 N–H and O–H groups in total. The number of anilines is 1. The van der Waals surface area contributed by atoms with Crippen molar-refractivity contribution in [2.75, 3.05) is 11.0 Å². The van der Waals surface area contributed by atoms with E-state index in [1.54, 1.807) is 48.5 Å². The van der Waals surface area contributed by atoms with Crippen LogP contribution < -0.4 is 15.4 Å². The molecule has 2 rings (SSSR count). The summed E-state index contributed by atoms with van der Waals surface area (Å²) in [4.78, 5) is 11.8. The minimum absolute atomic E-state index is 0.165. The predicted octanol–water partition coefficient (Wildman–Crippen LogP) is 1.76. The Morgan fingerprint density at radius 1 is 1.00 bits per heavy atom. The van der Waals surface area contributed by atoms with Crippen LogP contribution in [0.15, 0.2) is 48.5 Å². The molecule has 0 saturated heterocycles. The average Bonchev–Trinajstić information content (AvgIpc) is 2.52. The summed E-state index contributed by atoms with van der Waals surface area (Å²) in [6.45, 7) is 0.495. The van der Waals surface area contributed by atoms with Gasteiger partial charge in [0.05, 0.1) is 11.9 Å². The Morgan fingerprint density at radius 3 is 2.29 bits per heavy atom. The van der Waals surface area contributed by atoms with Crippen LogP contribution in [0, 0.1) is 0 Å². The van der Waals surface area contributed by atoms with E-state index >= 15 is 0 Å². The first-order chi connectivity index (χ1) is 11.3. The maximum Gasteiger partial charge on any atom is 0.315 e. The second-order valence-corrected chi connectivity index (χ2v) is 6.98. The van der Waals surface area contributed by atoms with Crippen molar-refractivity contribution in [1.29, 1.82) is 0 Å². The first-order valence-corrected chi connectivity index (χ1v) is 9.08. The molecular formula is C16H19N3O4S. The van der Waals surface area contributed by atoms with E-state index in [-0.39, 0.29) is 18.3 Å². The number of carbonyl (C=O) groups is 1. The van der Waals surface area contributed by atoms with Gasteiger partial charge in [0.2, 0.25) is 10.0 Å². The Kier molecular flexibility index (Phi) is 5.64. The average molecular weight is 349 g/mol. The van der Waals surface area contributed by atoms with Crippen molar-refractivity contribution in [2.45, 2.75) is 13.1 Å². The molecule has 2 aromatic carbocycles. The first kappa shape index (κ1) is 17.6. The number of rotatable bonds is 6. The highest BCUT2D eigenvalue weighted by molar-refractivity contribution is 7.92. The number of amides is 2. The van der Waals surface area contributed by atoms with Crippen LogP contribution in [-0.4, -0.2) is 25.8 Å². The molecule has 0 atom stereocenters. The molecule has 0 aliphatic rings. The van der Waals surface area contributed by atoms with Crippen molar-refractivity contribution in [1.82, 2.24) is 10.6 Å². The molecular weight excluding hydrogens is 330 g/mol. The summed E-state index contributed by atoms with van der Waals surface area (Å²) in [5.74, 6) is 0.165. The molecule has 0 fully saturated rings. The highest BCUT2D eigenvalue weighted by Gasteiger charge is 2.08. The van der Waals surface area contributed by atoms with Crippen LogP contribution in [0.1, 0.15) is 11.1 Å². The third kappa shape index (κ3) is 5.81. The number of urea groups is 1. The van der Waals surface area contributed by atoms with Crippen LogP contribution in [0.25, 0.3) is 0 Å². The first-order valence-electron chi connectivity index (χ1n) is 7.19. The van der Waals surface area contributed by atoms with E-state index in [0.29, 0.717) is 17.8 Å². The molecule has 0 aromatic heterocycles. The van der Waals surface area contributed by atoms with Crippen molar-refractivity contribution < 1.29 is 18.3 Å². The second kappa shape index (κ2) is 7.69. The number of phenolic OH excluding ortho intramolecular Hbond substituents is 1. The monoisotopic (exact) mass is 349 g/mol. The molecule has 0 saturated carbocycles. The third-order valence-corrected chi connectivity index (χ3v) is 3.73. The van der Waals surface area contributed by atoms with Crippen LogP contribution in [0.3, 0.4) is 0 Å². The highest BCUT2D eigenvalue weighted by Crippen LogP contribution is 2.15. The second-order valence-electron chi connectivity index (χ2n) is 5.23. The molecule has 7 nitrogen and oxygen atoms in total. The quantitative estimate of drug-likeness (QED) is 0.637. The van der Waals surface area contributed by atoms with E-state index in [0.717, 1.165) is 11.8 Å². The number of nitrogens with one attached hydrogen (secondary N) is 3. The minimum Gasteiger partial charge on any atom is -0.508 e. The number of phenols is 1. The molecule has 8 heteroatoms. The van der Waals surface area contributed by atoms with E-state index in [2.05, 4.69) is 15.4 Å². The van der Waals surface area contributed by atoms with Gasteiger partial charge in [-0.1, -0.05) is 30.3 Å². The summed E-state index contributed by atoms with van der Waals surface area (Å²) in [5.41, 5.74) is 1.93. The highest BCUT2D eigenvalue weighted by atomic mass is 32.2. The van der Waals surface area contributed by atoms with Crippen molar-refractivity contribution >= 4 is 21.7 Å². The van der Waals surface area contributed by atoms with Crippen LogP contribution in [0.5, 0.6) is 5.75 Å². The lowest BCUT2D eigenvalue weighted by Crippen LogP contribution is -2.34. The van der Waals surface area contributed by atoms with Gasteiger partial charge in [-0.05, 0) is 29.3 Å². The molecule has 24 heavy (non-hydrogen) atoms. The largest absolute Gasteiger partial charge is 0.508 e. The third-order valence-electron chi connectivity index (χ3n) is 3.14. The van der Waals surface area contributed by atoms with Crippen molar-refractivity contribution in [2.24, 2.45) is 0 Å². The van der Waals surface area contributed by atoms with E-state index in [4.69, 9.17) is 0 Å². The fourth-order valence-corrected chi connectivity index (χ4v) is 2.61. The van der Waals surface area contributed by atoms with Gasteiger partial charge in [0.15, 0.2) is 0 Å². The van der Waals surface area contributed by atoms with Gasteiger partial charge in [0.25, 0.3) is 0 Å². The number of sulfonamides is 1. The molecule has 2 aromatic rings. The summed E-state index contributed by atoms with van der Waals surface area (Å²) in [6, 6.07) is 13.0. The summed E-state index contributed by atoms with van der Waals surface area (Å²) < 4.78 is 25.1. The van der Waals surface area contributed by atoms with E-state index in [1.165, 1.54) is 0 Å². The number of aromatic hydroxyl groups is 1. The van der Waals surface area contributed by atoms with Crippen molar-refractivity contribution in [3.63, 3.8) is 0 Å². The van der Waals surface area contributed by atoms with Crippen LogP contribution >= 0.6 is 0 Å². The van der Waals surface area contributed by atoms with Gasteiger partial charge >= 0.3 is 6.03 Å². The number of hydrogen-bond donors (Lipinski definition) is 4. The van der Waals surface area contributed by atoms with Gasteiger partial charge in [-0.25, -0.2) is 13.2 Å². The molecule has 0 spiro atoms. The van der Waals surface area contributed by atoms with E-state index in [9.17, 15) is 18.3 Å². The molecule has 0 heterocycles. The minimum atomic E-state index is -3.39.